The first-order valence-corrected chi connectivity index (χ1v) is 10.6. The molecule has 2 atom stereocenters. The van der Waals surface area contributed by atoms with Gasteiger partial charge in [-0.3, -0.25) is 9.69 Å². The van der Waals surface area contributed by atoms with Crippen LogP contribution >= 0.6 is 11.6 Å². The molecule has 1 heterocycles. The number of carbonyl (C=O) groups is 3. The highest BCUT2D eigenvalue weighted by Crippen LogP contribution is 2.23. The highest BCUT2D eigenvalue weighted by atomic mass is 35.5. The van der Waals surface area contributed by atoms with Crippen LogP contribution in [0.25, 0.3) is 0 Å². The molecule has 0 saturated carbocycles. The standard InChI is InChI=1S/C23H25ClFN3O5/c1-14(21(29)33-3)12-28-22(30)26-20(11-16-6-9-19(32-2)18(25)10-16)27(23(28)31)13-15-4-7-17(24)8-5-15/h4-10,14,20H,11-13H2,1-3H3,(H,26,30)/t14-,20?/m0/s1. The second-order valence-corrected chi connectivity index (χ2v) is 8.15. The van der Waals surface area contributed by atoms with E-state index in [-0.39, 0.29) is 25.3 Å². The summed E-state index contributed by atoms with van der Waals surface area (Å²) in [6, 6.07) is 10.2. The molecule has 1 saturated heterocycles. The van der Waals surface area contributed by atoms with E-state index in [1.165, 1.54) is 31.3 Å². The van der Waals surface area contributed by atoms with E-state index in [0.29, 0.717) is 10.6 Å². The van der Waals surface area contributed by atoms with Gasteiger partial charge in [-0.05, 0) is 35.4 Å². The molecule has 0 radical (unpaired) electrons. The molecule has 1 aliphatic heterocycles. The summed E-state index contributed by atoms with van der Waals surface area (Å²) in [6.07, 6.45) is -0.565. The van der Waals surface area contributed by atoms with E-state index in [1.54, 1.807) is 37.3 Å². The van der Waals surface area contributed by atoms with Crippen LogP contribution in [0.4, 0.5) is 14.0 Å². The Morgan fingerprint density at radius 3 is 2.42 bits per heavy atom. The maximum atomic E-state index is 14.2. The molecule has 33 heavy (non-hydrogen) atoms. The van der Waals surface area contributed by atoms with E-state index in [9.17, 15) is 18.8 Å². The third-order valence-corrected chi connectivity index (χ3v) is 5.61. The fourth-order valence-corrected chi connectivity index (χ4v) is 3.70. The van der Waals surface area contributed by atoms with Crippen LogP contribution in [0.1, 0.15) is 18.1 Å². The molecule has 0 aliphatic carbocycles. The Hall–Kier alpha value is -3.33. The number of ether oxygens (including phenoxy) is 2. The number of nitrogens with zero attached hydrogens (tertiary/aromatic N) is 2. The second kappa shape index (κ2) is 10.5. The maximum Gasteiger partial charge on any atom is 0.330 e. The van der Waals surface area contributed by atoms with Crippen molar-refractivity contribution in [3.63, 3.8) is 0 Å². The molecule has 0 spiro atoms. The maximum absolute atomic E-state index is 14.2. The van der Waals surface area contributed by atoms with Crippen LogP contribution in [0.2, 0.25) is 5.02 Å². The predicted octanol–water partition coefficient (Wildman–Crippen LogP) is 3.81. The minimum atomic E-state index is -0.738. The minimum absolute atomic E-state index is 0.100. The van der Waals surface area contributed by atoms with Crippen molar-refractivity contribution < 1.29 is 28.2 Å². The lowest BCUT2D eigenvalue weighted by molar-refractivity contribution is -0.145. The average Bonchev–Trinajstić information content (AvgIpc) is 2.79. The van der Waals surface area contributed by atoms with Gasteiger partial charge in [-0.1, -0.05) is 36.7 Å². The number of hydrogen-bond acceptors (Lipinski definition) is 5. The van der Waals surface area contributed by atoms with Gasteiger partial charge in [0.2, 0.25) is 0 Å². The number of imide groups is 1. The van der Waals surface area contributed by atoms with Gasteiger partial charge < -0.3 is 14.8 Å². The first kappa shape index (κ1) is 24.3. The number of esters is 1. The molecule has 4 amide bonds. The molecule has 176 valence electrons. The van der Waals surface area contributed by atoms with Crippen molar-refractivity contribution in [1.82, 2.24) is 15.1 Å². The number of hydrogen-bond donors (Lipinski definition) is 1. The third kappa shape index (κ3) is 5.73. The average molecular weight is 478 g/mol. The van der Waals surface area contributed by atoms with E-state index < -0.39 is 35.9 Å². The van der Waals surface area contributed by atoms with E-state index in [4.69, 9.17) is 21.1 Å². The predicted molar refractivity (Wildman–Crippen MR) is 119 cm³/mol. The number of carbonyl (C=O) groups excluding carboxylic acids is 3. The van der Waals surface area contributed by atoms with Gasteiger partial charge in [0.25, 0.3) is 0 Å². The van der Waals surface area contributed by atoms with Crippen LogP contribution in [-0.2, 0) is 22.5 Å². The Labute approximate surface area is 196 Å². The second-order valence-electron chi connectivity index (χ2n) is 7.71. The molecule has 10 heteroatoms. The SMILES string of the molecule is COC(=O)[C@@H](C)CN1C(=O)NC(Cc2ccc(OC)c(F)c2)N(Cc2ccc(Cl)cc2)C1=O. The Bertz CT molecular complexity index is 1030. The molecule has 0 aromatic heterocycles. The van der Waals surface area contributed by atoms with E-state index in [1.807, 2.05) is 0 Å². The normalized spacial score (nSPS) is 16.9. The summed E-state index contributed by atoms with van der Waals surface area (Å²) in [4.78, 5) is 40.4. The number of benzene rings is 2. The summed E-state index contributed by atoms with van der Waals surface area (Å²) in [6.45, 7) is 1.60. The Morgan fingerprint density at radius 1 is 1.15 bits per heavy atom. The van der Waals surface area contributed by atoms with Crippen molar-refractivity contribution in [2.24, 2.45) is 5.92 Å². The lowest BCUT2D eigenvalue weighted by Gasteiger charge is -2.41. The molecule has 1 fully saturated rings. The van der Waals surface area contributed by atoms with E-state index in [0.717, 1.165) is 10.5 Å². The molecule has 8 nitrogen and oxygen atoms in total. The van der Waals surface area contributed by atoms with Crippen molar-refractivity contribution in [3.8, 4) is 5.75 Å². The van der Waals surface area contributed by atoms with Crippen LogP contribution < -0.4 is 10.1 Å². The molecule has 1 unspecified atom stereocenters. The monoisotopic (exact) mass is 477 g/mol. The first-order chi connectivity index (χ1) is 15.7. The molecule has 0 bridgehead atoms. The lowest BCUT2D eigenvalue weighted by Crippen LogP contribution is -2.65. The number of rotatable bonds is 8. The molecule has 2 aromatic rings. The van der Waals surface area contributed by atoms with Crippen molar-refractivity contribution >= 4 is 29.6 Å². The summed E-state index contributed by atoms with van der Waals surface area (Å²) in [5, 5.41) is 3.35. The Kier molecular flexibility index (Phi) is 7.75. The third-order valence-electron chi connectivity index (χ3n) is 5.36. The highest BCUT2D eigenvalue weighted by Gasteiger charge is 2.39. The molecule has 1 N–H and O–H groups in total. The highest BCUT2D eigenvalue weighted by molar-refractivity contribution is 6.30. The Morgan fingerprint density at radius 2 is 1.82 bits per heavy atom. The fraction of sp³-hybridized carbons (Fsp3) is 0.348. The van der Waals surface area contributed by atoms with Gasteiger partial charge in [-0.15, -0.1) is 0 Å². The van der Waals surface area contributed by atoms with Crippen molar-refractivity contribution in [1.29, 1.82) is 0 Å². The van der Waals surface area contributed by atoms with Crippen LogP contribution in [0.5, 0.6) is 5.75 Å². The molecule has 3 rings (SSSR count). The quantitative estimate of drug-likeness (QED) is 0.584. The van der Waals surface area contributed by atoms with Gasteiger partial charge in [-0.25, -0.2) is 18.9 Å². The van der Waals surface area contributed by atoms with Crippen molar-refractivity contribution in [3.05, 3.63) is 64.4 Å². The number of nitrogens with one attached hydrogen (secondary N) is 1. The molecule has 1 aliphatic rings. The van der Waals surface area contributed by atoms with Crippen molar-refractivity contribution in [2.75, 3.05) is 20.8 Å². The van der Waals surface area contributed by atoms with Gasteiger partial charge in [0.1, 0.15) is 6.17 Å². The van der Waals surface area contributed by atoms with Gasteiger partial charge in [-0.2, -0.15) is 0 Å². The van der Waals surface area contributed by atoms with Crippen LogP contribution in [0.15, 0.2) is 42.5 Å². The fourth-order valence-electron chi connectivity index (χ4n) is 3.57. The zero-order valence-electron chi connectivity index (χ0n) is 18.5. The minimum Gasteiger partial charge on any atom is -0.494 e. The first-order valence-electron chi connectivity index (χ1n) is 10.3. The van der Waals surface area contributed by atoms with Gasteiger partial charge >= 0.3 is 18.0 Å². The zero-order valence-corrected chi connectivity index (χ0v) is 19.3. The van der Waals surface area contributed by atoms with Gasteiger partial charge in [0.05, 0.1) is 20.1 Å². The largest absolute Gasteiger partial charge is 0.494 e. The Balaban J connectivity index is 1.87. The van der Waals surface area contributed by atoms with Crippen molar-refractivity contribution in [2.45, 2.75) is 26.1 Å². The summed E-state index contributed by atoms with van der Waals surface area (Å²) < 4.78 is 23.9. The lowest BCUT2D eigenvalue weighted by atomic mass is 10.1. The van der Waals surface area contributed by atoms with Crippen LogP contribution in [0, 0.1) is 11.7 Å². The number of methoxy groups -OCH3 is 2. The van der Waals surface area contributed by atoms with Gasteiger partial charge in [0, 0.05) is 24.5 Å². The summed E-state index contributed by atoms with van der Waals surface area (Å²) in [5.41, 5.74) is 1.36. The van der Waals surface area contributed by atoms with Crippen LogP contribution in [-0.4, -0.2) is 54.8 Å². The number of halogens is 2. The smallest absolute Gasteiger partial charge is 0.330 e. The summed E-state index contributed by atoms with van der Waals surface area (Å²) >= 11 is 5.97. The summed E-state index contributed by atoms with van der Waals surface area (Å²) in [5.74, 6) is -1.67. The van der Waals surface area contributed by atoms with E-state index >= 15 is 0 Å². The van der Waals surface area contributed by atoms with E-state index in [2.05, 4.69) is 5.32 Å². The summed E-state index contributed by atoms with van der Waals surface area (Å²) in [7, 11) is 2.61. The molecular weight excluding hydrogens is 453 g/mol. The topological polar surface area (TPSA) is 88.2 Å². The zero-order chi connectivity index (χ0) is 24.1. The molecule has 2 aromatic carbocycles. The van der Waals surface area contributed by atoms with Gasteiger partial charge in [0.15, 0.2) is 11.6 Å². The number of amides is 4. The van der Waals surface area contributed by atoms with Crippen LogP contribution in [0.3, 0.4) is 0 Å². The number of urea groups is 2. The molecular formula is C23H25ClFN3O5.